The van der Waals surface area contributed by atoms with Gasteiger partial charge in [-0.05, 0) is 42.5 Å². The molecule has 3 aromatic rings. The summed E-state index contributed by atoms with van der Waals surface area (Å²) in [7, 11) is 0. The Labute approximate surface area is 175 Å². The summed E-state index contributed by atoms with van der Waals surface area (Å²) in [4.78, 5) is 12.3. The van der Waals surface area contributed by atoms with E-state index in [-0.39, 0.29) is 36.1 Å². The lowest BCUT2D eigenvalue weighted by molar-refractivity contribution is -0.0480. The molecule has 1 aliphatic heterocycles. The molecule has 5 rings (SSSR count). The molecule has 8 heteroatoms. The largest absolute Gasteiger partial charge is 0.380 e. The van der Waals surface area contributed by atoms with Crippen molar-refractivity contribution >= 4 is 28.1 Å². The van der Waals surface area contributed by atoms with Gasteiger partial charge in [0.2, 0.25) is 5.92 Å². The molecule has 0 spiro atoms. The van der Waals surface area contributed by atoms with E-state index in [1.807, 2.05) is 18.2 Å². The maximum absolute atomic E-state index is 14.2. The molecule has 2 heterocycles. The molecule has 1 aromatic heterocycles. The van der Waals surface area contributed by atoms with Crippen molar-refractivity contribution in [2.45, 2.75) is 43.6 Å². The Morgan fingerprint density at radius 3 is 2.60 bits per heavy atom. The summed E-state index contributed by atoms with van der Waals surface area (Å²) in [6.07, 6.45) is 0.302. The van der Waals surface area contributed by atoms with Crippen molar-refractivity contribution in [3.8, 4) is 0 Å². The molecule has 2 aliphatic rings. The first kappa shape index (κ1) is 19.4. The Hall–Kier alpha value is -2.54. The van der Waals surface area contributed by atoms with E-state index < -0.39 is 17.3 Å². The van der Waals surface area contributed by atoms with Gasteiger partial charge in [-0.25, -0.2) is 18.3 Å². The van der Waals surface area contributed by atoms with Crippen LogP contribution >= 0.6 is 11.6 Å². The van der Waals surface area contributed by atoms with Crippen molar-refractivity contribution in [1.82, 2.24) is 10.2 Å². The number of H-pyrrole nitrogens is 1. The van der Waals surface area contributed by atoms with Gasteiger partial charge in [0.15, 0.2) is 0 Å². The van der Waals surface area contributed by atoms with Gasteiger partial charge >= 0.3 is 0 Å². The zero-order valence-electron chi connectivity index (χ0n) is 15.9. The lowest BCUT2D eigenvalue weighted by atomic mass is 9.72. The first-order valence-electron chi connectivity index (χ1n) is 9.95. The number of aromatic nitrogens is 2. The number of nitrogens with zero attached hydrogens (tertiary/aromatic N) is 1. The standard InChI is InChI=1S/C22H19ClF3N3O/c23-15-4-2-1-3-13(15)18-19(11-5-7-22(25,26)8-6-11)27-16-10-12(24)9-14-17(16)20(18)28-29-21(14)30/h1-4,9-11,18-19,27H,5-8H2,(H,29,30)/t18-,19-/m0/s1. The van der Waals surface area contributed by atoms with E-state index in [1.165, 1.54) is 12.1 Å². The van der Waals surface area contributed by atoms with Crippen molar-refractivity contribution in [3.63, 3.8) is 0 Å². The van der Waals surface area contributed by atoms with Crippen LogP contribution in [0.5, 0.6) is 0 Å². The number of halogens is 4. The van der Waals surface area contributed by atoms with Crippen molar-refractivity contribution < 1.29 is 13.2 Å². The molecule has 0 radical (unpaired) electrons. The lowest BCUT2D eigenvalue weighted by Gasteiger charge is -2.41. The summed E-state index contributed by atoms with van der Waals surface area (Å²) in [6, 6.07) is 9.54. The molecule has 2 N–H and O–H groups in total. The fourth-order valence-corrected chi connectivity index (χ4v) is 5.19. The second kappa shape index (κ2) is 7.01. The Kier molecular flexibility index (Phi) is 4.54. The van der Waals surface area contributed by atoms with Crippen LogP contribution in [-0.2, 0) is 0 Å². The van der Waals surface area contributed by atoms with Gasteiger partial charge in [-0.2, -0.15) is 5.10 Å². The third kappa shape index (κ3) is 3.16. The highest BCUT2D eigenvalue weighted by Gasteiger charge is 2.43. The number of benzene rings is 2. The Balaban J connectivity index is 1.71. The third-order valence-electron chi connectivity index (χ3n) is 6.37. The van der Waals surface area contributed by atoms with Gasteiger partial charge in [-0.1, -0.05) is 29.8 Å². The zero-order valence-corrected chi connectivity index (χ0v) is 16.6. The molecule has 4 nitrogen and oxygen atoms in total. The topological polar surface area (TPSA) is 57.8 Å². The fraction of sp³-hybridized carbons (Fsp3) is 0.364. The first-order valence-corrected chi connectivity index (χ1v) is 10.3. The van der Waals surface area contributed by atoms with Crippen LogP contribution in [0.25, 0.3) is 10.8 Å². The third-order valence-corrected chi connectivity index (χ3v) is 6.71. The number of rotatable bonds is 2. The normalized spacial score (nSPS) is 23.3. The quantitative estimate of drug-likeness (QED) is 0.563. The second-order valence-electron chi connectivity index (χ2n) is 8.18. The van der Waals surface area contributed by atoms with Crippen LogP contribution in [0.4, 0.5) is 18.9 Å². The Morgan fingerprint density at radius 1 is 1.13 bits per heavy atom. The van der Waals surface area contributed by atoms with Crippen LogP contribution < -0.4 is 10.9 Å². The minimum absolute atomic E-state index is 0.0777. The highest BCUT2D eigenvalue weighted by Crippen LogP contribution is 2.48. The van der Waals surface area contributed by atoms with Gasteiger partial charge in [0.1, 0.15) is 5.82 Å². The maximum Gasteiger partial charge on any atom is 0.272 e. The lowest BCUT2D eigenvalue weighted by Crippen LogP contribution is -2.42. The maximum atomic E-state index is 14.2. The minimum atomic E-state index is -2.65. The van der Waals surface area contributed by atoms with Gasteiger partial charge in [-0.3, -0.25) is 4.79 Å². The molecule has 156 valence electrons. The molecule has 1 fully saturated rings. The van der Waals surface area contributed by atoms with Crippen LogP contribution in [0.1, 0.15) is 42.9 Å². The van der Waals surface area contributed by atoms with E-state index >= 15 is 0 Å². The number of aromatic amines is 1. The molecule has 0 saturated heterocycles. The fourth-order valence-electron chi connectivity index (χ4n) is 4.94. The monoisotopic (exact) mass is 433 g/mol. The van der Waals surface area contributed by atoms with Gasteiger partial charge in [-0.15, -0.1) is 0 Å². The molecule has 2 aromatic carbocycles. The molecule has 0 amide bonds. The van der Waals surface area contributed by atoms with Crippen LogP contribution in [0.2, 0.25) is 5.02 Å². The number of nitrogens with one attached hydrogen (secondary N) is 2. The van der Waals surface area contributed by atoms with Crippen molar-refractivity contribution in [2.24, 2.45) is 5.92 Å². The molecular weight excluding hydrogens is 415 g/mol. The van der Waals surface area contributed by atoms with E-state index in [2.05, 4.69) is 15.5 Å². The van der Waals surface area contributed by atoms with E-state index in [1.54, 1.807) is 6.07 Å². The molecular formula is C22H19ClF3N3O. The SMILES string of the molecule is O=c1[nH]nc2c3c(cc(F)cc13)N[C@@H](C1CCC(F)(F)CC1)[C@@H]2c1ccccc1Cl. The van der Waals surface area contributed by atoms with Crippen LogP contribution in [0.3, 0.4) is 0 Å². The average molecular weight is 434 g/mol. The van der Waals surface area contributed by atoms with Gasteiger partial charge in [0, 0.05) is 35.0 Å². The Bertz CT molecular complexity index is 1190. The van der Waals surface area contributed by atoms with Gasteiger partial charge < -0.3 is 5.32 Å². The van der Waals surface area contributed by atoms with Crippen LogP contribution in [0, 0.1) is 11.7 Å². The van der Waals surface area contributed by atoms with E-state index in [0.29, 0.717) is 34.6 Å². The second-order valence-corrected chi connectivity index (χ2v) is 8.58. The zero-order chi connectivity index (χ0) is 21.0. The minimum Gasteiger partial charge on any atom is -0.380 e. The molecule has 2 atom stereocenters. The predicted molar refractivity (Wildman–Crippen MR) is 110 cm³/mol. The summed E-state index contributed by atoms with van der Waals surface area (Å²) in [5.74, 6) is -3.64. The summed E-state index contributed by atoms with van der Waals surface area (Å²) in [5.41, 5.74) is 1.35. The van der Waals surface area contributed by atoms with E-state index in [0.717, 1.165) is 5.56 Å². The summed E-state index contributed by atoms with van der Waals surface area (Å²) in [5, 5.41) is 11.4. The highest BCUT2D eigenvalue weighted by molar-refractivity contribution is 6.31. The summed E-state index contributed by atoms with van der Waals surface area (Å²) >= 11 is 6.52. The van der Waals surface area contributed by atoms with Crippen molar-refractivity contribution in [2.75, 3.05) is 5.32 Å². The van der Waals surface area contributed by atoms with Crippen molar-refractivity contribution in [1.29, 1.82) is 0 Å². The van der Waals surface area contributed by atoms with E-state index in [4.69, 9.17) is 11.6 Å². The number of anilines is 1. The van der Waals surface area contributed by atoms with Gasteiger partial charge in [0.05, 0.1) is 17.0 Å². The van der Waals surface area contributed by atoms with Crippen molar-refractivity contribution in [3.05, 3.63) is 68.8 Å². The van der Waals surface area contributed by atoms with E-state index in [9.17, 15) is 18.0 Å². The first-order chi connectivity index (χ1) is 14.3. The Morgan fingerprint density at radius 2 is 1.87 bits per heavy atom. The number of hydrogen-bond donors (Lipinski definition) is 2. The van der Waals surface area contributed by atoms with Crippen LogP contribution in [0.15, 0.2) is 41.2 Å². The summed E-state index contributed by atoms with van der Waals surface area (Å²) < 4.78 is 41.9. The average Bonchev–Trinajstić information content (AvgIpc) is 2.70. The smallest absolute Gasteiger partial charge is 0.272 e. The molecule has 0 unspecified atom stereocenters. The molecule has 1 saturated carbocycles. The predicted octanol–water partition coefficient (Wildman–Crippen LogP) is 5.47. The number of hydrogen-bond acceptors (Lipinski definition) is 3. The molecule has 1 aliphatic carbocycles. The van der Waals surface area contributed by atoms with Gasteiger partial charge in [0.25, 0.3) is 5.56 Å². The van der Waals surface area contributed by atoms with Crippen LogP contribution in [-0.4, -0.2) is 22.2 Å². The molecule has 0 bridgehead atoms. The molecule has 30 heavy (non-hydrogen) atoms. The summed E-state index contributed by atoms with van der Waals surface area (Å²) in [6.45, 7) is 0. The highest BCUT2D eigenvalue weighted by atomic mass is 35.5. The number of alkyl halides is 2.